The molecule has 1 aliphatic rings. The highest BCUT2D eigenvalue weighted by atomic mass is 32.2. The molecule has 2 rings (SSSR count). The van der Waals surface area contributed by atoms with Gasteiger partial charge in [0.25, 0.3) is 0 Å². The highest BCUT2D eigenvalue weighted by Crippen LogP contribution is 2.20. The summed E-state index contributed by atoms with van der Waals surface area (Å²) in [4.78, 5) is 6.86. The van der Waals surface area contributed by atoms with Crippen LogP contribution >= 0.6 is 11.8 Å². The van der Waals surface area contributed by atoms with Crippen molar-refractivity contribution in [1.29, 1.82) is 0 Å². The highest BCUT2D eigenvalue weighted by Gasteiger charge is 2.20. The van der Waals surface area contributed by atoms with Crippen molar-refractivity contribution in [1.82, 2.24) is 10.3 Å². The van der Waals surface area contributed by atoms with Crippen LogP contribution < -0.4 is 10.2 Å². The SMILES string of the molecule is CSCCN(C)c1cc(CNC2CC2)cc(C)n1. The average molecular weight is 265 g/mol. The van der Waals surface area contributed by atoms with Crippen LogP contribution in [0.4, 0.5) is 5.82 Å². The molecule has 1 saturated carbocycles. The van der Waals surface area contributed by atoms with E-state index in [4.69, 9.17) is 0 Å². The number of aryl methyl sites for hydroxylation is 1. The minimum absolute atomic E-state index is 0.760. The van der Waals surface area contributed by atoms with Crippen LogP contribution in [0.5, 0.6) is 0 Å². The third-order valence-electron chi connectivity index (χ3n) is 3.19. The van der Waals surface area contributed by atoms with Crippen LogP contribution in [0, 0.1) is 6.92 Å². The smallest absolute Gasteiger partial charge is 0.128 e. The molecule has 1 aromatic rings. The quantitative estimate of drug-likeness (QED) is 0.819. The summed E-state index contributed by atoms with van der Waals surface area (Å²) in [5, 5.41) is 3.56. The highest BCUT2D eigenvalue weighted by molar-refractivity contribution is 7.98. The Kier molecular flexibility index (Phi) is 4.89. The van der Waals surface area contributed by atoms with Gasteiger partial charge in [0.15, 0.2) is 0 Å². The first-order chi connectivity index (χ1) is 8.69. The molecule has 1 heterocycles. The number of thioether (sulfide) groups is 1. The van der Waals surface area contributed by atoms with Crippen LogP contribution in [0.3, 0.4) is 0 Å². The number of hydrogen-bond acceptors (Lipinski definition) is 4. The van der Waals surface area contributed by atoms with Crippen molar-refractivity contribution in [2.45, 2.75) is 32.4 Å². The van der Waals surface area contributed by atoms with E-state index in [2.05, 4.69) is 47.6 Å². The first kappa shape index (κ1) is 13.7. The van der Waals surface area contributed by atoms with Crippen LogP contribution in [-0.2, 0) is 6.54 Å². The van der Waals surface area contributed by atoms with Gasteiger partial charge in [0.2, 0.25) is 0 Å². The molecule has 0 saturated heterocycles. The second-order valence-corrected chi connectivity index (χ2v) is 6.03. The van der Waals surface area contributed by atoms with Gasteiger partial charge in [-0.25, -0.2) is 4.98 Å². The Labute approximate surface area is 114 Å². The summed E-state index contributed by atoms with van der Waals surface area (Å²) in [6.07, 6.45) is 4.82. The van der Waals surface area contributed by atoms with Gasteiger partial charge in [0.05, 0.1) is 0 Å². The molecule has 0 aromatic carbocycles. The summed E-state index contributed by atoms with van der Waals surface area (Å²) in [6.45, 7) is 4.09. The van der Waals surface area contributed by atoms with Crippen molar-refractivity contribution < 1.29 is 0 Å². The van der Waals surface area contributed by atoms with Crippen LogP contribution in [0.15, 0.2) is 12.1 Å². The molecular formula is C14H23N3S. The molecule has 0 spiro atoms. The van der Waals surface area contributed by atoms with Crippen molar-refractivity contribution in [3.63, 3.8) is 0 Å². The van der Waals surface area contributed by atoms with Crippen LogP contribution in [-0.4, -0.2) is 36.6 Å². The fourth-order valence-corrected chi connectivity index (χ4v) is 2.37. The Balaban J connectivity index is 1.99. The Bertz CT molecular complexity index is 391. The molecule has 100 valence electrons. The van der Waals surface area contributed by atoms with Gasteiger partial charge in [0.1, 0.15) is 5.82 Å². The zero-order chi connectivity index (χ0) is 13.0. The summed E-state index contributed by atoms with van der Waals surface area (Å²) in [6, 6.07) is 5.15. The van der Waals surface area contributed by atoms with Gasteiger partial charge in [0, 0.05) is 37.6 Å². The molecule has 3 nitrogen and oxygen atoms in total. The molecule has 1 fully saturated rings. The molecule has 0 radical (unpaired) electrons. The second-order valence-electron chi connectivity index (χ2n) is 5.04. The Morgan fingerprint density at radius 3 is 2.89 bits per heavy atom. The summed E-state index contributed by atoms with van der Waals surface area (Å²) in [5.41, 5.74) is 2.46. The number of pyridine rings is 1. The minimum atomic E-state index is 0.760. The molecule has 1 N–H and O–H groups in total. The minimum Gasteiger partial charge on any atom is -0.359 e. The van der Waals surface area contributed by atoms with E-state index in [9.17, 15) is 0 Å². The Hall–Kier alpha value is -0.740. The van der Waals surface area contributed by atoms with Crippen LogP contribution in [0.2, 0.25) is 0 Å². The molecule has 0 amide bonds. The Morgan fingerprint density at radius 2 is 2.22 bits per heavy atom. The molecular weight excluding hydrogens is 242 g/mol. The summed E-state index contributed by atoms with van der Waals surface area (Å²) in [7, 11) is 2.12. The lowest BCUT2D eigenvalue weighted by molar-refractivity contribution is 0.686. The van der Waals surface area contributed by atoms with Gasteiger partial charge < -0.3 is 10.2 Å². The van der Waals surface area contributed by atoms with E-state index in [0.29, 0.717) is 0 Å². The lowest BCUT2D eigenvalue weighted by Crippen LogP contribution is -2.22. The third-order valence-corrected chi connectivity index (χ3v) is 3.78. The standard InChI is InChI=1S/C14H23N3S/c1-11-8-12(10-15-13-4-5-13)9-14(16-11)17(2)6-7-18-3/h8-9,13,15H,4-7,10H2,1-3H3. The first-order valence-electron chi connectivity index (χ1n) is 6.60. The first-order valence-corrected chi connectivity index (χ1v) is 7.99. The zero-order valence-corrected chi connectivity index (χ0v) is 12.4. The molecule has 18 heavy (non-hydrogen) atoms. The number of nitrogens with one attached hydrogen (secondary N) is 1. The third kappa shape index (κ3) is 4.18. The Morgan fingerprint density at radius 1 is 1.44 bits per heavy atom. The summed E-state index contributed by atoms with van der Waals surface area (Å²) >= 11 is 1.87. The van der Waals surface area contributed by atoms with Crippen LogP contribution in [0.1, 0.15) is 24.1 Å². The fraction of sp³-hybridized carbons (Fsp3) is 0.643. The molecule has 0 bridgehead atoms. The second kappa shape index (κ2) is 6.43. The van der Waals surface area contributed by atoms with Gasteiger partial charge >= 0.3 is 0 Å². The van der Waals surface area contributed by atoms with Crippen LogP contribution in [0.25, 0.3) is 0 Å². The van der Waals surface area contributed by atoms with E-state index >= 15 is 0 Å². The van der Waals surface area contributed by atoms with Crippen molar-refractivity contribution in [2.24, 2.45) is 0 Å². The predicted octanol–water partition coefficient (Wildman–Crippen LogP) is 2.44. The lowest BCUT2D eigenvalue weighted by Gasteiger charge is -2.19. The number of aromatic nitrogens is 1. The van der Waals surface area contributed by atoms with E-state index in [1.807, 2.05) is 11.8 Å². The molecule has 1 aliphatic carbocycles. The number of rotatable bonds is 7. The van der Waals surface area contributed by atoms with Crippen molar-refractivity contribution >= 4 is 17.6 Å². The summed E-state index contributed by atoms with van der Waals surface area (Å²) in [5.74, 6) is 2.23. The predicted molar refractivity (Wildman–Crippen MR) is 80.5 cm³/mol. The average Bonchev–Trinajstić information content (AvgIpc) is 3.17. The zero-order valence-electron chi connectivity index (χ0n) is 11.6. The van der Waals surface area contributed by atoms with E-state index in [1.54, 1.807) is 0 Å². The number of hydrogen-bond donors (Lipinski definition) is 1. The molecule has 4 heteroatoms. The van der Waals surface area contributed by atoms with Crippen molar-refractivity contribution in [3.05, 3.63) is 23.4 Å². The maximum Gasteiger partial charge on any atom is 0.128 e. The van der Waals surface area contributed by atoms with Gasteiger partial charge in [-0.05, 0) is 43.7 Å². The maximum atomic E-state index is 4.62. The largest absolute Gasteiger partial charge is 0.359 e. The van der Waals surface area contributed by atoms with E-state index in [-0.39, 0.29) is 0 Å². The van der Waals surface area contributed by atoms with E-state index in [0.717, 1.165) is 36.4 Å². The number of nitrogens with zero attached hydrogens (tertiary/aromatic N) is 2. The summed E-state index contributed by atoms with van der Waals surface area (Å²) < 4.78 is 0. The van der Waals surface area contributed by atoms with E-state index < -0.39 is 0 Å². The monoisotopic (exact) mass is 265 g/mol. The molecule has 0 atom stereocenters. The molecule has 0 unspecified atom stereocenters. The van der Waals surface area contributed by atoms with Crippen molar-refractivity contribution in [2.75, 3.05) is 30.5 Å². The molecule has 1 aromatic heterocycles. The fourth-order valence-electron chi connectivity index (χ4n) is 1.91. The van der Waals surface area contributed by atoms with Gasteiger partial charge in [-0.2, -0.15) is 11.8 Å². The maximum absolute atomic E-state index is 4.62. The van der Waals surface area contributed by atoms with Gasteiger partial charge in [-0.1, -0.05) is 0 Å². The lowest BCUT2D eigenvalue weighted by atomic mass is 10.2. The molecule has 0 aliphatic heterocycles. The number of anilines is 1. The normalized spacial score (nSPS) is 14.8. The topological polar surface area (TPSA) is 28.2 Å². The van der Waals surface area contributed by atoms with Gasteiger partial charge in [-0.15, -0.1) is 0 Å². The van der Waals surface area contributed by atoms with E-state index in [1.165, 1.54) is 18.4 Å². The van der Waals surface area contributed by atoms with Crippen molar-refractivity contribution in [3.8, 4) is 0 Å². The van der Waals surface area contributed by atoms with Gasteiger partial charge in [-0.3, -0.25) is 0 Å².